The summed E-state index contributed by atoms with van der Waals surface area (Å²) in [6.45, 7) is 3.91. The van der Waals surface area contributed by atoms with Crippen molar-refractivity contribution < 1.29 is 37.3 Å². The second-order valence-electron chi connectivity index (χ2n) is 6.80. The van der Waals surface area contributed by atoms with Gasteiger partial charge in [-0.05, 0) is 30.3 Å². The van der Waals surface area contributed by atoms with Crippen molar-refractivity contribution in [2.24, 2.45) is 0 Å². The van der Waals surface area contributed by atoms with Crippen molar-refractivity contribution in [2.45, 2.75) is 25.6 Å². The van der Waals surface area contributed by atoms with E-state index in [0.717, 1.165) is 6.07 Å². The summed E-state index contributed by atoms with van der Waals surface area (Å²) in [7, 11) is 0. The average Bonchev–Trinajstić information content (AvgIpc) is 2.88. The van der Waals surface area contributed by atoms with E-state index >= 15 is 0 Å². The molecule has 2 aromatic carbocycles. The van der Waals surface area contributed by atoms with Crippen LogP contribution in [0, 0.1) is 0 Å². The highest BCUT2D eigenvalue weighted by Gasteiger charge is 2.37. The van der Waals surface area contributed by atoms with Crippen molar-refractivity contribution in [1.29, 1.82) is 0 Å². The first-order chi connectivity index (χ1) is 12.5. The molecule has 0 spiro atoms. The van der Waals surface area contributed by atoms with Crippen LogP contribution in [0.1, 0.15) is 40.1 Å². The van der Waals surface area contributed by atoms with Gasteiger partial charge in [-0.25, -0.2) is 4.79 Å². The van der Waals surface area contributed by atoms with E-state index < -0.39 is 23.5 Å². The molecule has 0 saturated heterocycles. The zero-order valence-electron chi connectivity index (χ0n) is 14.4. The van der Waals surface area contributed by atoms with Gasteiger partial charge in [0.05, 0.1) is 12.2 Å². The van der Waals surface area contributed by atoms with Crippen LogP contribution in [0.5, 0.6) is 11.5 Å². The fourth-order valence-electron chi connectivity index (χ4n) is 2.99. The van der Waals surface area contributed by atoms with Crippen LogP contribution in [0.3, 0.4) is 0 Å². The van der Waals surface area contributed by atoms with Crippen LogP contribution in [0.25, 0.3) is 11.1 Å². The molecule has 1 aliphatic rings. The molecule has 0 atom stereocenters. The quantitative estimate of drug-likeness (QED) is 0.795. The van der Waals surface area contributed by atoms with Crippen LogP contribution in [0.4, 0.5) is 13.2 Å². The lowest BCUT2D eigenvalue weighted by atomic mass is 9.84. The van der Waals surface area contributed by atoms with Gasteiger partial charge >= 0.3 is 12.3 Å². The molecule has 0 amide bonds. The first-order valence-electron chi connectivity index (χ1n) is 7.92. The number of hydrogen-bond donors (Lipinski definition) is 1. The van der Waals surface area contributed by atoms with Crippen molar-refractivity contribution in [3.63, 3.8) is 0 Å². The van der Waals surface area contributed by atoms with Gasteiger partial charge < -0.3 is 14.6 Å². The van der Waals surface area contributed by atoms with Gasteiger partial charge in [0.15, 0.2) is 0 Å². The third kappa shape index (κ3) is 3.60. The predicted molar refractivity (Wildman–Crippen MR) is 89.4 cm³/mol. The van der Waals surface area contributed by atoms with Crippen LogP contribution in [0.15, 0.2) is 30.3 Å². The minimum Gasteiger partial charge on any atom is -0.492 e. The van der Waals surface area contributed by atoms with Crippen LogP contribution in [0.2, 0.25) is 0 Å². The maximum atomic E-state index is 12.8. The Bertz CT molecular complexity index is 932. The number of fused-ring (bicyclic) bond motifs is 1. The molecule has 0 radical (unpaired) electrons. The topological polar surface area (TPSA) is 72.8 Å². The molecule has 1 N–H and O–H groups in total. The Kier molecular flexibility index (Phi) is 4.37. The second-order valence-corrected chi connectivity index (χ2v) is 6.80. The lowest BCUT2D eigenvalue weighted by molar-refractivity contribution is -0.274. The number of carbonyl (C=O) groups is 2. The van der Waals surface area contributed by atoms with E-state index in [4.69, 9.17) is 4.74 Å². The largest absolute Gasteiger partial charge is 0.573 e. The van der Waals surface area contributed by atoms with Crippen molar-refractivity contribution in [2.75, 3.05) is 6.61 Å². The van der Waals surface area contributed by atoms with Gasteiger partial charge in [-0.15, -0.1) is 13.2 Å². The Morgan fingerprint density at radius 3 is 2.52 bits per heavy atom. The number of aromatic carboxylic acids is 1. The zero-order chi connectivity index (χ0) is 20.0. The van der Waals surface area contributed by atoms with E-state index in [9.17, 15) is 27.9 Å². The summed E-state index contributed by atoms with van der Waals surface area (Å²) in [5.74, 6) is -1.50. The van der Waals surface area contributed by atoms with E-state index in [1.54, 1.807) is 0 Å². The molecule has 2 aromatic rings. The minimum absolute atomic E-state index is 0.0750. The van der Waals surface area contributed by atoms with Gasteiger partial charge in [-0.2, -0.15) is 0 Å². The van der Waals surface area contributed by atoms with Crippen LogP contribution in [-0.4, -0.2) is 30.3 Å². The summed E-state index contributed by atoms with van der Waals surface area (Å²) in [4.78, 5) is 22.6. The number of aldehydes is 1. The normalized spacial score (nSPS) is 15.0. The van der Waals surface area contributed by atoms with Crippen LogP contribution < -0.4 is 9.47 Å². The number of benzene rings is 2. The number of carbonyl (C=O) groups excluding carboxylic acids is 1. The van der Waals surface area contributed by atoms with E-state index in [0.29, 0.717) is 11.8 Å². The fourth-order valence-corrected chi connectivity index (χ4v) is 2.99. The monoisotopic (exact) mass is 380 g/mol. The zero-order valence-corrected chi connectivity index (χ0v) is 14.4. The number of rotatable bonds is 4. The Balaban J connectivity index is 2.30. The average molecular weight is 380 g/mol. The van der Waals surface area contributed by atoms with Gasteiger partial charge in [0, 0.05) is 27.7 Å². The Morgan fingerprint density at radius 2 is 1.93 bits per heavy atom. The summed E-state index contributed by atoms with van der Waals surface area (Å²) in [6.07, 6.45) is -4.47. The molecule has 142 valence electrons. The molecular formula is C19H15F3O5. The Morgan fingerprint density at radius 1 is 1.22 bits per heavy atom. The smallest absolute Gasteiger partial charge is 0.492 e. The Labute approximate surface area is 152 Å². The van der Waals surface area contributed by atoms with Crippen molar-refractivity contribution in [3.8, 4) is 22.6 Å². The van der Waals surface area contributed by atoms with Crippen molar-refractivity contribution in [1.82, 2.24) is 0 Å². The predicted octanol–water partition coefficient (Wildman–Crippen LogP) is 4.43. The Hall–Kier alpha value is -3.03. The molecule has 3 rings (SSSR count). The first-order valence-corrected chi connectivity index (χ1v) is 7.92. The molecule has 0 unspecified atom stereocenters. The maximum absolute atomic E-state index is 12.8. The molecule has 0 fully saturated rings. The maximum Gasteiger partial charge on any atom is 0.573 e. The second kappa shape index (κ2) is 6.29. The summed E-state index contributed by atoms with van der Waals surface area (Å²) >= 11 is 0. The van der Waals surface area contributed by atoms with Gasteiger partial charge in [-0.3, -0.25) is 4.79 Å². The van der Waals surface area contributed by atoms with Crippen molar-refractivity contribution in [3.05, 3.63) is 47.0 Å². The van der Waals surface area contributed by atoms with E-state index in [1.807, 2.05) is 13.8 Å². The van der Waals surface area contributed by atoms with E-state index in [-0.39, 0.29) is 34.6 Å². The van der Waals surface area contributed by atoms with E-state index in [2.05, 4.69) is 4.74 Å². The third-order valence-electron chi connectivity index (χ3n) is 4.30. The molecule has 0 bridgehead atoms. The molecule has 27 heavy (non-hydrogen) atoms. The van der Waals surface area contributed by atoms with E-state index in [1.165, 1.54) is 24.3 Å². The highest BCUT2D eigenvalue weighted by molar-refractivity contribution is 5.93. The molecular weight excluding hydrogens is 365 g/mol. The van der Waals surface area contributed by atoms with Crippen LogP contribution in [-0.2, 0) is 5.41 Å². The SMILES string of the molecule is CC1(C)COc2c(-c3cc(C=O)ccc3OC(F)(F)F)cc(C(=O)O)cc21. The molecule has 1 heterocycles. The molecule has 0 saturated carbocycles. The molecule has 1 aliphatic heterocycles. The lowest BCUT2D eigenvalue weighted by Gasteiger charge is -2.18. The highest BCUT2D eigenvalue weighted by atomic mass is 19.4. The fraction of sp³-hybridized carbons (Fsp3) is 0.263. The summed E-state index contributed by atoms with van der Waals surface area (Å²) < 4.78 is 48.2. The minimum atomic E-state index is -4.95. The number of halogens is 3. The molecule has 0 aromatic heterocycles. The lowest BCUT2D eigenvalue weighted by Crippen LogP contribution is -2.18. The van der Waals surface area contributed by atoms with Crippen LogP contribution >= 0.6 is 0 Å². The number of carboxylic acids is 1. The summed E-state index contributed by atoms with van der Waals surface area (Å²) in [5, 5.41) is 9.41. The summed E-state index contributed by atoms with van der Waals surface area (Å²) in [5.41, 5.74) is 0.102. The van der Waals surface area contributed by atoms with Gasteiger partial charge in [0.25, 0.3) is 0 Å². The first kappa shape index (κ1) is 18.8. The standard InChI is InChI=1S/C19H15F3O5/c1-18(2)9-26-16-13(6-11(17(24)25)7-14(16)18)12-5-10(8-23)3-4-15(12)27-19(20,21)22/h3-8H,9H2,1-2H3,(H,24,25). The number of ether oxygens (including phenoxy) is 2. The highest BCUT2D eigenvalue weighted by Crippen LogP contribution is 2.48. The third-order valence-corrected chi connectivity index (χ3v) is 4.30. The van der Waals surface area contributed by atoms with Gasteiger partial charge in [0.1, 0.15) is 17.8 Å². The van der Waals surface area contributed by atoms with Gasteiger partial charge in [-0.1, -0.05) is 13.8 Å². The number of hydrogen-bond acceptors (Lipinski definition) is 4. The molecule has 5 nitrogen and oxygen atoms in total. The number of carboxylic acid groups (broad SMARTS) is 1. The molecule has 0 aliphatic carbocycles. The van der Waals surface area contributed by atoms with Crippen molar-refractivity contribution >= 4 is 12.3 Å². The summed E-state index contributed by atoms with van der Waals surface area (Å²) in [6, 6.07) is 6.08. The number of alkyl halides is 3. The van der Waals surface area contributed by atoms with Gasteiger partial charge in [0.2, 0.25) is 0 Å². The molecule has 8 heteroatoms.